The van der Waals surface area contributed by atoms with Crippen LogP contribution in [0.2, 0.25) is 0 Å². The van der Waals surface area contributed by atoms with Gasteiger partial charge in [0.1, 0.15) is 0 Å². The monoisotopic (exact) mass is 239 g/mol. The highest BCUT2D eigenvalue weighted by Crippen LogP contribution is 2.26. The van der Waals surface area contributed by atoms with Crippen molar-refractivity contribution in [1.82, 2.24) is 15.1 Å². The van der Waals surface area contributed by atoms with Crippen LogP contribution in [0.5, 0.6) is 0 Å². The molecule has 1 amide bonds. The van der Waals surface area contributed by atoms with Gasteiger partial charge >= 0.3 is 0 Å². The number of amides is 1. The van der Waals surface area contributed by atoms with Gasteiger partial charge in [-0.2, -0.15) is 0 Å². The quantitative estimate of drug-likeness (QED) is 0.766. The van der Waals surface area contributed by atoms with E-state index in [1.54, 1.807) is 0 Å². The predicted octanol–water partition coefficient (Wildman–Crippen LogP) is 0.681. The molecule has 98 valence electrons. The van der Waals surface area contributed by atoms with Crippen molar-refractivity contribution in [3.05, 3.63) is 0 Å². The van der Waals surface area contributed by atoms with Gasteiger partial charge in [0.25, 0.3) is 0 Å². The number of rotatable bonds is 5. The standard InChI is InChI=1S/C13H25N3O/c1-3-16(11-6-7-11)13(17)10-15(2)12-5-4-8-14-9-12/h11-12,14H,3-10H2,1-2H3. The number of likely N-dealkylation sites (N-methyl/N-ethyl adjacent to an activating group) is 2. The second kappa shape index (κ2) is 5.83. The first-order chi connectivity index (χ1) is 8.22. The Morgan fingerprint density at radius 3 is 2.59 bits per heavy atom. The van der Waals surface area contributed by atoms with Crippen LogP contribution in [0.25, 0.3) is 0 Å². The molecule has 0 spiro atoms. The van der Waals surface area contributed by atoms with Gasteiger partial charge in [-0.3, -0.25) is 9.69 Å². The molecule has 2 aliphatic rings. The molecule has 4 heteroatoms. The Bertz CT molecular complexity index is 259. The summed E-state index contributed by atoms with van der Waals surface area (Å²) in [6, 6.07) is 1.08. The predicted molar refractivity (Wildman–Crippen MR) is 68.9 cm³/mol. The number of hydrogen-bond donors (Lipinski definition) is 1. The molecule has 1 saturated heterocycles. The lowest BCUT2D eigenvalue weighted by molar-refractivity contribution is -0.133. The van der Waals surface area contributed by atoms with Crippen molar-refractivity contribution in [1.29, 1.82) is 0 Å². The molecule has 1 aliphatic carbocycles. The summed E-state index contributed by atoms with van der Waals surface area (Å²) in [7, 11) is 2.08. The average Bonchev–Trinajstić information content (AvgIpc) is 3.15. The summed E-state index contributed by atoms with van der Waals surface area (Å²) >= 11 is 0. The summed E-state index contributed by atoms with van der Waals surface area (Å²) < 4.78 is 0. The molecule has 1 N–H and O–H groups in total. The van der Waals surface area contributed by atoms with Gasteiger partial charge in [0.05, 0.1) is 6.54 Å². The number of nitrogens with zero attached hydrogens (tertiary/aromatic N) is 2. The molecule has 0 aromatic heterocycles. The van der Waals surface area contributed by atoms with Crippen molar-refractivity contribution in [2.45, 2.75) is 44.7 Å². The fraction of sp³-hybridized carbons (Fsp3) is 0.923. The zero-order valence-electron chi connectivity index (χ0n) is 11.1. The third-order valence-electron chi connectivity index (χ3n) is 3.93. The second-order valence-corrected chi connectivity index (χ2v) is 5.33. The molecule has 1 saturated carbocycles. The van der Waals surface area contributed by atoms with Gasteiger partial charge in [0, 0.05) is 25.2 Å². The van der Waals surface area contributed by atoms with Crippen LogP contribution in [0.4, 0.5) is 0 Å². The average molecular weight is 239 g/mol. The van der Waals surface area contributed by atoms with E-state index in [0.717, 1.165) is 19.6 Å². The number of piperidine rings is 1. The van der Waals surface area contributed by atoms with Crippen LogP contribution >= 0.6 is 0 Å². The summed E-state index contributed by atoms with van der Waals surface area (Å²) in [5.41, 5.74) is 0. The van der Waals surface area contributed by atoms with Crippen LogP contribution in [0.1, 0.15) is 32.6 Å². The fourth-order valence-corrected chi connectivity index (χ4v) is 2.67. The van der Waals surface area contributed by atoms with E-state index in [-0.39, 0.29) is 0 Å². The van der Waals surface area contributed by atoms with Crippen molar-refractivity contribution in [3.8, 4) is 0 Å². The highest BCUT2D eigenvalue weighted by molar-refractivity contribution is 5.78. The van der Waals surface area contributed by atoms with E-state index in [2.05, 4.69) is 24.2 Å². The largest absolute Gasteiger partial charge is 0.339 e. The van der Waals surface area contributed by atoms with Gasteiger partial charge in [-0.05, 0) is 46.2 Å². The lowest BCUT2D eigenvalue weighted by Crippen LogP contribution is -2.48. The summed E-state index contributed by atoms with van der Waals surface area (Å²) in [6.45, 7) is 5.68. The molecule has 1 atom stereocenters. The normalized spacial score (nSPS) is 25.0. The van der Waals surface area contributed by atoms with Crippen molar-refractivity contribution in [2.75, 3.05) is 33.2 Å². The van der Waals surface area contributed by atoms with Gasteiger partial charge in [-0.25, -0.2) is 0 Å². The van der Waals surface area contributed by atoms with Crippen LogP contribution in [0, 0.1) is 0 Å². The molecule has 17 heavy (non-hydrogen) atoms. The van der Waals surface area contributed by atoms with Gasteiger partial charge in [-0.15, -0.1) is 0 Å². The van der Waals surface area contributed by atoms with Crippen LogP contribution < -0.4 is 5.32 Å². The smallest absolute Gasteiger partial charge is 0.236 e. The third kappa shape index (κ3) is 3.42. The highest BCUT2D eigenvalue weighted by atomic mass is 16.2. The van der Waals surface area contributed by atoms with E-state index in [1.165, 1.54) is 25.7 Å². The third-order valence-corrected chi connectivity index (χ3v) is 3.93. The number of carbonyl (C=O) groups is 1. The molecule has 0 aromatic rings. The molecule has 2 rings (SSSR count). The molecular formula is C13H25N3O. The minimum absolute atomic E-state index is 0.308. The lowest BCUT2D eigenvalue weighted by atomic mass is 10.1. The van der Waals surface area contributed by atoms with E-state index in [9.17, 15) is 4.79 Å². The van der Waals surface area contributed by atoms with E-state index >= 15 is 0 Å². The molecule has 2 fully saturated rings. The Balaban J connectivity index is 1.79. The minimum Gasteiger partial charge on any atom is -0.339 e. The molecule has 1 heterocycles. The number of hydrogen-bond acceptors (Lipinski definition) is 3. The van der Waals surface area contributed by atoms with Crippen molar-refractivity contribution in [3.63, 3.8) is 0 Å². The first-order valence-corrected chi connectivity index (χ1v) is 6.92. The van der Waals surface area contributed by atoms with Gasteiger partial charge in [0.2, 0.25) is 5.91 Å². The Kier molecular flexibility index (Phi) is 4.40. The number of nitrogens with one attached hydrogen (secondary N) is 1. The SMILES string of the molecule is CCN(C(=O)CN(C)C1CCCNC1)C1CC1. The molecular weight excluding hydrogens is 214 g/mol. The fourth-order valence-electron chi connectivity index (χ4n) is 2.67. The summed E-state index contributed by atoms with van der Waals surface area (Å²) in [6.07, 6.45) is 4.85. The van der Waals surface area contributed by atoms with E-state index in [1.807, 2.05) is 4.90 Å². The van der Waals surface area contributed by atoms with Crippen LogP contribution in [-0.4, -0.2) is 61.0 Å². The molecule has 4 nitrogen and oxygen atoms in total. The Morgan fingerprint density at radius 2 is 2.06 bits per heavy atom. The topological polar surface area (TPSA) is 35.6 Å². The maximum absolute atomic E-state index is 12.2. The van der Waals surface area contributed by atoms with E-state index in [0.29, 0.717) is 24.5 Å². The molecule has 0 radical (unpaired) electrons. The van der Waals surface area contributed by atoms with Crippen molar-refractivity contribution in [2.24, 2.45) is 0 Å². The van der Waals surface area contributed by atoms with E-state index < -0.39 is 0 Å². The summed E-state index contributed by atoms with van der Waals surface area (Å²) in [5, 5.41) is 3.40. The van der Waals surface area contributed by atoms with Crippen LogP contribution in [0.3, 0.4) is 0 Å². The molecule has 1 unspecified atom stereocenters. The maximum Gasteiger partial charge on any atom is 0.236 e. The summed E-state index contributed by atoms with van der Waals surface area (Å²) in [4.78, 5) is 16.4. The van der Waals surface area contributed by atoms with Crippen molar-refractivity contribution < 1.29 is 4.79 Å². The lowest BCUT2D eigenvalue weighted by Gasteiger charge is -2.32. The van der Waals surface area contributed by atoms with Gasteiger partial charge in [0.15, 0.2) is 0 Å². The first-order valence-electron chi connectivity index (χ1n) is 6.92. The zero-order valence-corrected chi connectivity index (χ0v) is 11.1. The van der Waals surface area contributed by atoms with E-state index in [4.69, 9.17) is 0 Å². The zero-order chi connectivity index (χ0) is 12.3. The van der Waals surface area contributed by atoms with Crippen molar-refractivity contribution >= 4 is 5.91 Å². The Morgan fingerprint density at radius 1 is 1.29 bits per heavy atom. The van der Waals surface area contributed by atoms with Crippen LogP contribution in [-0.2, 0) is 4.79 Å². The van der Waals surface area contributed by atoms with Gasteiger partial charge < -0.3 is 10.2 Å². The summed E-state index contributed by atoms with van der Waals surface area (Å²) in [5.74, 6) is 0.308. The Labute approximate surface area is 104 Å². The molecule has 0 aromatic carbocycles. The van der Waals surface area contributed by atoms with Gasteiger partial charge in [-0.1, -0.05) is 0 Å². The molecule has 0 bridgehead atoms. The number of carbonyl (C=O) groups excluding carboxylic acids is 1. The first kappa shape index (κ1) is 12.8. The van der Waals surface area contributed by atoms with Crippen LogP contribution in [0.15, 0.2) is 0 Å². The minimum atomic E-state index is 0.308. The second-order valence-electron chi connectivity index (χ2n) is 5.33. The highest BCUT2D eigenvalue weighted by Gasteiger charge is 2.32. The maximum atomic E-state index is 12.2. The Hall–Kier alpha value is -0.610. The molecule has 1 aliphatic heterocycles.